The summed E-state index contributed by atoms with van der Waals surface area (Å²) >= 11 is 0. The number of carboxylic acid groups (broad SMARTS) is 1. The molecule has 0 bridgehead atoms. The van der Waals surface area contributed by atoms with Crippen molar-refractivity contribution in [3.05, 3.63) is 143 Å². The second-order valence-corrected chi connectivity index (χ2v) is 8.77. The van der Waals surface area contributed by atoms with E-state index in [9.17, 15) is 14.7 Å². The molecule has 2 N–H and O–H groups in total. The highest BCUT2D eigenvalue weighted by atomic mass is 16.4. The van der Waals surface area contributed by atoms with E-state index < -0.39 is 17.4 Å². The number of carboxylic acids is 1. The van der Waals surface area contributed by atoms with E-state index >= 15 is 0 Å². The molecule has 0 aromatic heterocycles. The molecule has 0 saturated carbocycles. The summed E-state index contributed by atoms with van der Waals surface area (Å²) in [7, 11) is 0. The molecule has 0 spiro atoms. The van der Waals surface area contributed by atoms with Crippen molar-refractivity contribution in [3.63, 3.8) is 0 Å². The Bertz CT molecular complexity index is 1170. The molecule has 0 aliphatic rings. The number of carbonyl (C=O) groups is 2. The van der Waals surface area contributed by atoms with Crippen molar-refractivity contribution in [2.24, 2.45) is 0 Å². The Balaban J connectivity index is 1.74. The smallest absolute Gasteiger partial charge is 0.326 e. The average Bonchev–Trinajstić information content (AvgIpc) is 2.89. The minimum atomic E-state index is -1.05. The van der Waals surface area contributed by atoms with Gasteiger partial charge in [-0.3, -0.25) is 4.79 Å². The molecule has 0 saturated heterocycles. The molecular weight excluding hydrogens is 434 g/mol. The van der Waals surface area contributed by atoms with Gasteiger partial charge in [-0.2, -0.15) is 0 Å². The van der Waals surface area contributed by atoms with E-state index in [2.05, 4.69) is 5.32 Å². The van der Waals surface area contributed by atoms with E-state index in [1.807, 2.05) is 122 Å². The summed E-state index contributed by atoms with van der Waals surface area (Å²) < 4.78 is 0. The summed E-state index contributed by atoms with van der Waals surface area (Å²) in [6, 6.07) is 36.4. The first-order chi connectivity index (χ1) is 17.0. The molecule has 4 aromatic rings. The number of amides is 1. The van der Waals surface area contributed by atoms with Gasteiger partial charge in [0.25, 0.3) is 0 Å². The van der Waals surface area contributed by atoms with Crippen LogP contribution in [0, 0.1) is 6.92 Å². The first-order valence-electron chi connectivity index (χ1n) is 11.7. The van der Waals surface area contributed by atoms with Crippen LogP contribution in [0.25, 0.3) is 0 Å². The molecule has 4 aromatic carbocycles. The minimum Gasteiger partial charge on any atom is -0.480 e. The van der Waals surface area contributed by atoms with Gasteiger partial charge in [0, 0.05) is 12.8 Å². The Kier molecular flexibility index (Phi) is 7.41. The molecule has 0 radical (unpaired) electrons. The average molecular weight is 464 g/mol. The van der Waals surface area contributed by atoms with Gasteiger partial charge in [-0.1, -0.05) is 115 Å². The molecule has 4 heteroatoms. The standard InChI is InChI=1S/C31H29NO3/c1-23-13-11-12-14-24(23)21-28(30(34)35)32-29(33)22-31(25-15-5-2-6-16-25,26-17-7-3-8-18-26)27-19-9-4-10-20-27/h2-20,28H,21-22H2,1H3,(H,32,33)(H,34,35)/t28-/m1/s1. The van der Waals surface area contributed by atoms with E-state index in [-0.39, 0.29) is 18.7 Å². The van der Waals surface area contributed by atoms with Crippen molar-refractivity contribution >= 4 is 11.9 Å². The van der Waals surface area contributed by atoms with E-state index in [1.165, 1.54) is 0 Å². The summed E-state index contributed by atoms with van der Waals surface area (Å²) in [6.07, 6.45) is 0.297. The lowest BCUT2D eigenvalue weighted by molar-refractivity contribution is -0.141. The van der Waals surface area contributed by atoms with Crippen LogP contribution in [0.5, 0.6) is 0 Å². The van der Waals surface area contributed by atoms with Crippen molar-refractivity contribution in [3.8, 4) is 0 Å². The number of hydrogen-bond donors (Lipinski definition) is 2. The summed E-state index contributed by atoms with van der Waals surface area (Å²) in [5.41, 5.74) is 4.04. The van der Waals surface area contributed by atoms with Gasteiger partial charge < -0.3 is 10.4 Å². The van der Waals surface area contributed by atoms with Gasteiger partial charge >= 0.3 is 5.97 Å². The van der Waals surface area contributed by atoms with Gasteiger partial charge in [-0.25, -0.2) is 4.79 Å². The van der Waals surface area contributed by atoms with Crippen molar-refractivity contribution < 1.29 is 14.7 Å². The van der Waals surface area contributed by atoms with Crippen molar-refractivity contribution in [1.82, 2.24) is 5.32 Å². The lowest BCUT2D eigenvalue weighted by Gasteiger charge is -2.36. The third-order valence-corrected chi connectivity index (χ3v) is 6.54. The van der Waals surface area contributed by atoms with Gasteiger partial charge in [0.1, 0.15) is 6.04 Å². The number of nitrogens with one attached hydrogen (secondary N) is 1. The van der Waals surface area contributed by atoms with Crippen LogP contribution < -0.4 is 5.32 Å². The van der Waals surface area contributed by atoms with Crippen LogP contribution in [0.15, 0.2) is 115 Å². The van der Waals surface area contributed by atoms with E-state index in [1.54, 1.807) is 0 Å². The summed E-state index contributed by atoms with van der Waals surface area (Å²) in [5, 5.41) is 12.7. The second kappa shape index (κ2) is 10.8. The summed E-state index contributed by atoms with van der Waals surface area (Å²) in [4.78, 5) is 25.7. The Morgan fingerprint density at radius 1 is 0.714 bits per heavy atom. The van der Waals surface area contributed by atoms with Crippen molar-refractivity contribution in [2.45, 2.75) is 31.2 Å². The molecule has 1 atom stereocenters. The van der Waals surface area contributed by atoms with Gasteiger partial charge in [0.05, 0.1) is 5.41 Å². The zero-order valence-electron chi connectivity index (χ0n) is 19.7. The van der Waals surface area contributed by atoms with Crippen LogP contribution in [0.4, 0.5) is 0 Å². The fourth-order valence-electron chi connectivity index (χ4n) is 4.72. The van der Waals surface area contributed by atoms with Crippen LogP contribution in [0.1, 0.15) is 34.2 Å². The highest BCUT2D eigenvalue weighted by Gasteiger charge is 2.39. The number of carbonyl (C=O) groups excluding carboxylic acids is 1. The predicted octanol–water partition coefficient (Wildman–Crippen LogP) is 5.53. The highest BCUT2D eigenvalue weighted by Crippen LogP contribution is 2.42. The largest absolute Gasteiger partial charge is 0.480 e. The fourth-order valence-corrected chi connectivity index (χ4v) is 4.72. The Hall–Kier alpha value is -4.18. The second-order valence-electron chi connectivity index (χ2n) is 8.77. The first-order valence-corrected chi connectivity index (χ1v) is 11.7. The van der Waals surface area contributed by atoms with Crippen molar-refractivity contribution in [2.75, 3.05) is 0 Å². The van der Waals surface area contributed by atoms with E-state index in [4.69, 9.17) is 0 Å². The summed E-state index contributed by atoms with van der Waals surface area (Å²) in [5.74, 6) is -1.37. The monoisotopic (exact) mass is 463 g/mol. The van der Waals surface area contributed by atoms with Gasteiger partial charge in [-0.05, 0) is 34.7 Å². The van der Waals surface area contributed by atoms with Gasteiger partial charge in [0.15, 0.2) is 0 Å². The maximum absolute atomic E-state index is 13.6. The van der Waals surface area contributed by atoms with Crippen LogP contribution in [-0.2, 0) is 21.4 Å². The lowest BCUT2D eigenvalue weighted by Crippen LogP contribution is -2.45. The Labute approximate surface area is 206 Å². The van der Waals surface area contributed by atoms with Crippen LogP contribution >= 0.6 is 0 Å². The van der Waals surface area contributed by atoms with Crippen LogP contribution in [0.2, 0.25) is 0 Å². The van der Waals surface area contributed by atoms with Crippen LogP contribution in [0.3, 0.4) is 0 Å². The fraction of sp³-hybridized carbons (Fsp3) is 0.161. The van der Waals surface area contributed by atoms with E-state index in [0.717, 1.165) is 27.8 Å². The number of rotatable bonds is 9. The van der Waals surface area contributed by atoms with Gasteiger partial charge in [-0.15, -0.1) is 0 Å². The van der Waals surface area contributed by atoms with Crippen LogP contribution in [-0.4, -0.2) is 23.0 Å². The molecular formula is C31H29NO3. The molecule has 4 rings (SSSR count). The number of benzene rings is 4. The highest BCUT2D eigenvalue weighted by molar-refractivity contribution is 5.85. The Morgan fingerprint density at radius 2 is 1.14 bits per heavy atom. The molecule has 0 aliphatic heterocycles. The Morgan fingerprint density at radius 3 is 1.57 bits per heavy atom. The third kappa shape index (κ3) is 5.33. The number of aliphatic carboxylic acids is 1. The van der Waals surface area contributed by atoms with Crippen molar-refractivity contribution in [1.29, 1.82) is 0 Å². The zero-order valence-corrected chi connectivity index (χ0v) is 19.7. The summed E-state index contributed by atoms with van der Waals surface area (Å²) in [6.45, 7) is 1.95. The molecule has 0 aliphatic carbocycles. The zero-order chi connectivity index (χ0) is 24.7. The molecule has 0 unspecified atom stereocenters. The predicted molar refractivity (Wildman–Crippen MR) is 138 cm³/mol. The van der Waals surface area contributed by atoms with E-state index in [0.29, 0.717) is 0 Å². The molecule has 176 valence electrons. The maximum atomic E-state index is 13.6. The van der Waals surface area contributed by atoms with Gasteiger partial charge in [0.2, 0.25) is 5.91 Å². The number of aryl methyl sites for hydroxylation is 1. The molecule has 0 fully saturated rings. The molecule has 4 nitrogen and oxygen atoms in total. The SMILES string of the molecule is Cc1ccccc1C[C@@H](NC(=O)CC(c1ccccc1)(c1ccccc1)c1ccccc1)C(=O)O. The third-order valence-electron chi connectivity index (χ3n) is 6.54. The minimum absolute atomic E-state index is 0.0720. The molecule has 0 heterocycles. The molecule has 35 heavy (non-hydrogen) atoms. The maximum Gasteiger partial charge on any atom is 0.326 e. The topological polar surface area (TPSA) is 66.4 Å². The number of hydrogen-bond acceptors (Lipinski definition) is 2. The first kappa shape index (κ1) is 24.0. The quantitative estimate of drug-likeness (QED) is 0.321. The lowest BCUT2D eigenvalue weighted by atomic mass is 9.67. The normalized spacial score (nSPS) is 12.0. The molecule has 1 amide bonds.